The molecule has 4 rings (SSSR count). The molecule has 1 saturated heterocycles. The van der Waals surface area contributed by atoms with Crippen molar-refractivity contribution < 1.29 is 27.9 Å². The van der Waals surface area contributed by atoms with Gasteiger partial charge in [0.25, 0.3) is 5.91 Å². The summed E-state index contributed by atoms with van der Waals surface area (Å²) in [5, 5.41) is 14.5. The second kappa shape index (κ2) is 8.23. The molecule has 1 aromatic heterocycles. The number of amides is 1. The number of nitrogens with zero attached hydrogens (tertiary/aromatic N) is 2. The number of halogens is 2. The minimum Gasteiger partial charge on any atom is -0.487 e. The Morgan fingerprint density at radius 1 is 1.20 bits per heavy atom. The predicted molar refractivity (Wildman–Crippen MR) is 104 cm³/mol. The number of rotatable bonds is 4. The van der Waals surface area contributed by atoms with Crippen LogP contribution in [0.2, 0.25) is 0 Å². The van der Waals surface area contributed by atoms with Gasteiger partial charge >= 0.3 is 0 Å². The molecule has 1 aliphatic heterocycles. The minimum absolute atomic E-state index is 0.00225. The fraction of sp³-hybridized carbons (Fsp3) is 0.273. The molecule has 0 aliphatic carbocycles. The monoisotopic (exact) mass is 414 g/mol. The van der Waals surface area contributed by atoms with Crippen LogP contribution >= 0.6 is 0 Å². The Morgan fingerprint density at radius 3 is 2.57 bits per heavy atom. The van der Waals surface area contributed by atoms with E-state index in [1.807, 2.05) is 30.3 Å². The summed E-state index contributed by atoms with van der Waals surface area (Å²) in [6, 6.07) is 12.1. The first-order valence-corrected chi connectivity index (χ1v) is 9.54. The molecule has 1 N–H and O–H groups in total. The smallest absolute Gasteiger partial charge is 0.259 e. The van der Waals surface area contributed by atoms with Crippen molar-refractivity contribution in [3.05, 3.63) is 71.5 Å². The van der Waals surface area contributed by atoms with Crippen LogP contribution in [0.3, 0.4) is 0 Å². The SMILES string of the molecule is Cc1onc(-c2ccccc2)c1C(=O)N1CC[C@@H](Oc2cc(F)cc(F)c2)[C@H](O)C1. The third-order valence-corrected chi connectivity index (χ3v) is 5.05. The second-order valence-electron chi connectivity index (χ2n) is 7.20. The third kappa shape index (κ3) is 4.04. The summed E-state index contributed by atoms with van der Waals surface area (Å²) in [6.45, 7) is 1.98. The molecule has 8 heteroatoms. The molecule has 2 aromatic carbocycles. The average Bonchev–Trinajstić information content (AvgIpc) is 3.10. The highest BCUT2D eigenvalue weighted by Crippen LogP contribution is 2.28. The topological polar surface area (TPSA) is 75.8 Å². The van der Waals surface area contributed by atoms with Crippen LogP contribution in [-0.4, -0.2) is 46.4 Å². The van der Waals surface area contributed by atoms with Gasteiger partial charge in [-0.3, -0.25) is 4.79 Å². The van der Waals surface area contributed by atoms with Gasteiger partial charge in [-0.1, -0.05) is 35.5 Å². The van der Waals surface area contributed by atoms with Crippen molar-refractivity contribution >= 4 is 5.91 Å². The Labute approximate surface area is 171 Å². The van der Waals surface area contributed by atoms with E-state index >= 15 is 0 Å². The largest absolute Gasteiger partial charge is 0.487 e. The van der Waals surface area contributed by atoms with Gasteiger partial charge in [0, 0.05) is 36.7 Å². The summed E-state index contributed by atoms with van der Waals surface area (Å²) in [4.78, 5) is 14.7. The lowest BCUT2D eigenvalue weighted by Gasteiger charge is -2.36. The zero-order valence-electron chi connectivity index (χ0n) is 16.2. The molecule has 1 fully saturated rings. The lowest BCUT2D eigenvalue weighted by Crippen LogP contribution is -2.51. The molecule has 0 bridgehead atoms. The maximum atomic E-state index is 13.4. The summed E-state index contributed by atoms with van der Waals surface area (Å²) in [5.41, 5.74) is 1.55. The van der Waals surface area contributed by atoms with Gasteiger partial charge < -0.3 is 19.3 Å². The van der Waals surface area contributed by atoms with Crippen LogP contribution in [0.15, 0.2) is 53.1 Å². The molecule has 6 nitrogen and oxygen atoms in total. The number of benzene rings is 2. The molecule has 0 spiro atoms. The normalized spacial score (nSPS) is 19.0. The Kier molecular flexibility index (Phi) is 5.50. The van der Waals surface area contributed by atoms with E-state index in [1.165, 1.54) is 4.90 Å². The van der Waals surface area contributed by atoms with Gasteiger partial charge in [-0.05, 0) is 6.92 Å². The highest BCUT2D eigenvalue weighted by atomic mass is 19.1. The van der Waals surface area contributed by atoms with Gasteiger partial charge in [0.2, 0.25) is 0 Å². The molecule has 30 heavy (non-hydrogen) atoms. The maximum absolute atomic E-state index is 13.4. The number of aliphatic hydroxyl groups excluding tert-OH is 1. The van der Waals surface area contributed by atoms with Crippen molar-refractivity contribution in [1.82, 2.24) is 10.1 Å². The van der Waals surface area contributed by atoms with E-state index in [4.69, 9.17) is 9.26 Å². The molecule has 2 atom stereocenters. The zero-order valence-corrected chi connectivity index (χ0v) is 16.2. The van der Waals surface area contributed by atoms with Crippen molar-refractivity contribution in [1.29, 1.82) is 0 Å². The average molecular weight is 414 g/mol. The van der Waals surface area contributed by atoms with Crippen LogP contribution in [0, 0.1) is 18.6 Å². The fourth-order valence-electron chi connectivity index (χ4n) is 3.58. The molecule has 1 aliphatic rings. The van der Waals surface area contributed by atoms with Crippen LogP contribution in [0.25, 0.3) is 11.3 Å². The summed E-state index contributed by atoms with van der Waals surface area (Å²) < 4.78 is 37.6. The van der Waals surface area contributed by atoms with Crippen LogP contribution < -0.4 is 4.74 Å². The number of carbonyl (C=O) groups excluding carboxylic acids is 1. The number of β-amino-alcohol motifs (C(OH)–C–C–N with tert-alkyl or cyclic N) is 1. The number of aromatic nitrogens is 1. The molecule has 3 aromatic rings. The number of likely N-dealkylation sites (tertiary alicyclic amines) is 1. The maximum Gasteiger partial charge on any atom is 0.259 e. The molecular weight excluding hydrogens is 394 g/mol. The van der Waals surface area contributed by atoms with E-state index in [-0.39, 0.29) is 18.2 Å². The fourth-order valence-corrected chi connectivity index (χ4v) is 3.58. The van der Waals surface area contributed by atoms with Gasteiger partial charge in [-0.25, -0.2) is 8.78 Å². The predicted octanol–water partition coefficient (Wildman–Crippen LogP) is 3.58. The number of carbonyl (C=O) groups is 1. The highest BCUT2D eigenvalue weighted by molar-refractivity contribution is 6.00. The third-order valence-electron chi connectivity index (χ3n) is 5.05. The Hall–Kier alpha value is -3.26. The van der Waals surface area contributed by atoms with E-state index in [0.29, 0.717) is 30.0 Å². The molecular formula is C22H20F2N2O4. The van der Waals surface area contributed by atoms with Crippen molar-refractivity contribution in [2.75, 3.05) is 13.1 Å². The van der Waals surface area contributed by atoms with Crippen molar-refractivity contribution in [3.8, 4) is 17.0 Å². The molecule has 2 heterocycles. The lowest BCUT2D eigenvalue weighted by atomic mass is 10.0. The molecule has 156 valence electrons. The summed E-state index contributed by atoms with van der Waals surface area (Å²) >= 11 is 0. The van der Waals surface area contributed by atoms with Crippen LogP contribution in [-0.2, 0) is 0 Å². The van der Waals surface area contributed by atoms with E-state index in [2.05, 4.69) is 5.16 Å². The van der Waals surface area contributed by atoms with E-state index in [0.717, 1.165) is 23.8 Å². The lowest BCUT2D eigenvalue weighted by molar-refractivity contribution is -0.0201. The first kappa shape index (κ1) is 20.0. The van der Waals surface area contributed by atoms with Crippen molar-refractivity contribution in [3.63, 3.8) is 0 Å². The first-order chi connectivity index (χ1) is 14.4. The van der Waals surface area contributed by atoms with Gasteiger partial charge in [-0.15, -0.1) is 0 Å². The van der Waals surface area contributed by atoms with E-state index in [9.17, 15) is 18.7 Å². The number of aliphatic hydroxyl groups is 1. The zero-order chi connectivity index (χ0) is 21.3. The van der Waals surface area contributed by atoms with Crippen molar-refractivity contribution in [2.45, 2.75) is 25.6 Å². The van der Waals surface area contributed by atoms with Crippen LogP contribution in [0.1, 0.15) is 22.5 Å². The van der Waals surface area contributed by atoms with Crippen LogP contribution in [0.4, 0.5) is 8.78 Å². The molecule has 0 radical (unpaired) electrons. The Morgan fingerprint density at radius 2 is 1.90 bits per heavy atom. The van der Waals surface area contributed by atoms with E-state index < -0.39 is 23.8 Å². The number of aryl methyl sites for hydroxylation is 1. The first-order valence-electron chi connectivity index (χ1n) is 9.54. The standard InChI is InChI=1S/C22H20F2N2O4/c1-13-20(21(25-30-13)14-5-3-2-4-6-14)22(28)26-8-7-19(18(27)12-26)29-17-10-15(23)9-16(24)11-17/h2-6,9-11,18-19,27H,7-8,12H2,1H3/t18-,19-/m1/s1. The highest BCUT2D eigenvalue weighted by Gasteiger charge is 2.34. The number of ether oxygens (including phenoxy) is 1. The number of hydrogen-bond acceptors (Lipinski definition) is 5. The van der Waals surface area contributed by atoms with Gasteiger partial charge in [-0.2, -0.15) is 0 Å². The van der Waals surface area contributed by atoms with Crippen molar-refractivity contribution in [2.24, 2.45) is 0 Å². The number of piperidine rings is 1. The molecule has 1 amide bonds. The summed E-state index contributed by atoms with van der Waals surface area (Å²) in [5.74, 6) is -1.44. The van der Waals surface area contributed by atoms with Gasteiger partial charge in [0.05, 0.1) is 6.54 Å². The quantitative estimate of drug-likeness (QED) is 0.706. The molecule has 0 unspecified atom stereocenters. The van der Waals surface area contributed by atoms with E-state index in [1.54, 1.807) is 6.92 Å². The Bertz CT molecular complexity index is 1030. The Balaban J connectivity index is 1.49. The number of hydrogen-bond donors (Lipinski definition) is 1. The minimum atomic E-state index is -1.02. The van der Waals surface area contributed by atoms with Crippen LogP contribution in [0.5, 0.6) is 5.75 Å². The van der Waals surface area contributed by atoms with Gasteiger partial charge in [0.15, 0.2) is 0 Å². The summed E-state index contributed by atoms with van der Waals surface area (Å²) in [7, 11) is 0. The molecule has 0 saturated carbocycles. The second-order valence-corrected chi connectivity index (χ2v) is 7.20. The van der Waals surface area contributed by atoms with Gasteiger partial charge in [0.1, 0.15) is 46.6 Å². The summed E-state index contributed by atoms with van der Waals surface area (Å²) in [6.07, 6.45) is -1.41.